The van der Waals surface area contributed by atoms with E-state index in [2.05, 4.69) is 10.0 Å². The highest BCUT2D eigenvalue weighted by atomic mass is 32.2. The second-order valence-corrected chi connectivity index (χ2v) is 14.6. The lowest BCUT2D eigenvalue weighted by Gasteiger charge is -2.36. The van der Waals surface area contributed by atoms with Gasteiger partial charge < -0.3 is 19.9 Å². The lowest BCUT2D eigenvalue weighted by Crippen LogP contribution is -2.31. The van der Waals surface area contributed by atoms with Crippen molar-refractivity contribution in [3.05, 3.63) is 150 Å². The van der Waals surface area contributed by atoms with Gasteiger partial charge in [0.2, 0.25) is 15.9 Å². The molecule has 10 heteroatoms. The highest BCUT2D eigenvalue weighted by molar-refractivity contribution is 7.99. The van der Waals surface area contributed by atoms with E-state index in [-0.39, 0.29) is 36.2 Å². The number of amides is 1. The van der Waals surface area contributed by atoms with Crippen molar-refractivity contribution in [2.75, 3.05) is 11.1 Å². The molecule has 0 spiro atoms. The van der Waals surface area contributed by atoms with Gasteiger partial charge in [0.1, 0.15) is 0 Å². The van der Waals surface area contributed by atoms with E-state index in [1.165, 1.54) is 6.92 Å². The van der Waals surface area contributed by atoms with Gasteiger partial charge in [0, 0.05) is 41.8 Å². The molecule has 1 amide bonds. The van der Waals surface area contributed by atoms with E-state index >= 15 is 0 Å². The third-order valence-corrected chi connectivity index (χ3v) is 10.8. The smallest absolute Gasteiger partial charge is 0.240 e. The largest absolute Gasteiger partial charge is 0.392 e. The summed E-state index contributed by atoms with van der Waals surface area (Å²) < 4.78 is 41.6. The predicted octanol–water partition coefficient (Wildman–Crippen LogP) is 7.62. The monoisotopic (exact) mass is 694 g/mol. The Morgan fingerprint density at radius 3 is 2.18 bits per heavy atom. The number of thioether (sulfide) groups is 1. The second kappa shape index (κ2) is 15.9. The number of ether oxygens (including phenoxy) is 2. The Morgan fingerprint density at radius 1 is 0.816 bits per heavy atom. The number of aliphatic hydroxyl groups is 1. The standard InChI is InChI=1S/C39H38N2O6S2/c1-27(43)41-33-19-21-35(22-20-33)48-26-34-23-38(30-13-11-28(25-42)12-14-30)47-39(46-34)31-17-15-29(16-18-31)37-10-6-5-7-32(37)24-40-49(44,45)36-8-3-2-4-9-36/h2-22,34,38-40,42H,23-26H2,1H3,(H,41,43)/t34-,38+,39+/m1/s1. The van der Waals surface area contributed by atoms with Crippen molar-refractivity contribution in [1.29, 1.82) is 0 Å². The molecule has 1 aliphatic rings. The molecule has 1 aliphatic heterocycles. The zero-order chi connectivity index (χ0) is 34.2. The van der Waals surface area contributed by atoms with Gasteiger partial charge in [-0.2, -0.15) is 0 Å². The molecule has 0 saturated carbocycles. The quantitative estimate of drug-likeness (QED) is 0.115. The minimum Gasteiger partial charge on any atom is -0.392 e. The fraction of sp³-hybridized carbons (Fsp3) is 0.205. The molecule has 8 nitrogen and oxygen atoms in total. The lowest BCUT2D eigenvalue weighted by molar-refractivity contribution is -0.245. The Hall–Kier alpha value is -4.29. The van der Waals surface area contributed by atoms with E-state index < -0.39 is 16.3 Å². The van der Waals surface area contributed by atoms with Crippen molar-refractivity contribution < 1.29 is 27.8 Å². The fourth-order valence-electron chi connectivity index (χ4n) is 5.68. The maximum Gasteiger partial charge on any atom is 0.240 e. The van der Waals surface area contributed by atoms with E-state index in [4.69, 9.17) is 9.47 Å². The summed E-state index contributed by atoms with van der Waals surface area (Å²) in [5.74, 6) is 0.596. The van der Waals surface area contributed by atoms with Gasteiger partial charge >= 0.3 is 0 Å². The van der Waals surface area contributed by atoms with E-state index in [0.29, 0.717) is 12.2 Å². The van der Waals surface area contributed by atoms with Crippen LogP contribution in [0.2, 0.25) is 0 Å². The van der Waals surface area contributed by atoms with Crippen LogP contribution in [0, 0.1) is 0 Å². The molecule has 0 radical (unpaired) electrons. The molecule has 3 atom stereocenters. The third kappa shape index (κ3) is 9.04. The predicted molar refractivity (Wildman–Crippen MR) is 192 cm³/mol. The van der Waals surface area contributed by atoms with Crippen LogP contribution in [-0.2, 0) is 37.4 Å². The highest BCUT2D eigenvalue weighted by Gasteiger charge is 2.32. The molecule has 0 aromatic heterocycles. The molecule has 0 unspecified atom stereocenters. The zero-order valence-corrected chi connectivity index (χ0v) is 28.6. The van der Waals surface area contributed by atoms with Gasteiger partial charge in [-0.1, -0.05) is 91.0 Å². The molecule has 0 bridgehead atoms. The number of hydrogen-bond donors (Lipinski definition) is 3. The van der Waals surface area contributed by atoms with Crippen LogP contribution in [0.25, 0.3) is 11.1 Å². The van der Waals surface area contributed by atoms with Gasteiger partial charge in [0.15, 0.2) is 6.29 Å². The average molecular weight is 695 g/mol. The highest BCUT2D eigenvalue weighted by Crippen LogP contribution is 2.40. The van der Waals surface area contributed by atoms with E-state index in [0.717, 1.165) is 44.0 Å². The van der Waals surface area contributed by atoms with E-state index in [1.807, 2.05) is 97.1 Å². The van der Waals surface area contributed by atoms with Gasteiger partial charge in [-0.25, -0.2) is 13.1 Å². The normalized spacial score (nSPS) is 17.8. The maximum absolute atomic E-state index is 12.9. The molecular weight excluding hydrogens is 657 g/mol. The fourth-order valence-corrected chi connectivity index (χ4v) is 7.63. The summed E-state index contributed by atoms with van der Waals surface area (Å²) >= 11 is 1.69. The van der Waals surface area contributed by atoms with Crippen LogP contribution in [0.5, 0.6) is 0 Å². The summed E-state index contributed by atoms with van der Waals surface area (Å²) in [5, 5.41) is 12.3. The van der Waals surface area contributed by atoms with Crippen LogP contribution in [-0.4, -0.2) is 31.3 Å². The molecule has 252 valence electrons. The SMILES string of the molecule is CC(=O)Nc1ccc(SC[C@H]2C[C@@H](c3ccc(CO)cc3)O[C@@H](c3ccc(-c4ccccc4CNS(=O)(=O)c4ccccc4)cc3)O2)cc1. The van der Waals surface area contributed by atoms with Crippen molar-refractivity contribution in [2.24, 2.45) is 0 Å². The minimum absolute atomic E-state index is 0.0219. The van der Waals surface area contributed by atoms with Gasteiger partial charge in [-0.3, -0.25) is 4.79 Å². The van der Waals surface area contributed by atoms with Gasteiger partial charge in [-0.05, 0) is 64.2 Å². The van der Waals surface area contributed by atoms with Crippen molar-refractivity contribution in [1.82, 2.24) is 4.72 Å². The Bertz CT molecular complexity index is 1950. The number of nitrogens with one attached hydrogen (secondary N) is 2. The number of anilines is 1. The zero-order valence-electron chi connectivity index (χ0n) is 27.0. The third-order valence-electron chi connectivity index (χ3n) is 8.24. The van der Waals surface area contributed by atoms with Crippen molar-refractivity contribution >= 4 is 33.4 Å². The Balaban J connectivity index is 1.18. The van der Waals surface area contributed by atoms with Crippen molar-refractivity contribution in [3.63, 3.8) is 0 Å². The molecule has 6 rings (SSSR count). The first-order valence-electron chi connectivity index (χ1n) is 16.0. The van der Waals surface area contributed by atoms with Gasteiger partial charge in [0.05, 0.1) is 23.7 Å². The van der Waals surface area contributed by atoms with E-state index in [1.54, 1.807) is 42.1 Å². The Kier molecular flexibility index (Phi) is 11.3. The first-order chi connectivity index (χ1) is 23.8. The second-order valence-electron chi connectivity index (χ2n) is 11.8. The van der Waals surface area contributed by atoms with Crippen LogP contribution in [0.1, 0.15) is 48.0 Å². The molecule has 5 aromatic carbocycles. The topological polar surface area (TPSA) is 114 Å². The van der Waals surface area contributed by atoms with Gasteiger partial charge in [0.25, 0.3) is 0 Å². The van der Waals surface area contributed by atoms with Crippen molar-refractivity contribution in [2.45, 2.75) is 54.8 Å². The molecule has 0 aliphatic carbocycles. The average Bonchev–Trinajstić information content (AvgIpc) is 3.14. The summed E-state index contributed by atoms with van der Waals surface area (Å²) in [6.07, 6.45) is -0.265. The Morgan fingerprint density at radius 2 is 1.49 bits per heavy atom. The number of sulfonamides is 1. The van der Waals surface area contributed by atoms with E-state index in [9.17, 15) is 18.3 Å². The minimum atomic E-state index is -3.66. The summed E-state index contributed by atoms with van der Waals surface area (Å²) in [6, 6.07) is 39.7. The number of aliphatic hydroxyl groups excluding tert-OH is 1. The first kappa shape index (κ1) is 34.6. The molecule has 1 fully saturated rings. The number of carbonyl (C=O) groups is 1. The number of benzene rings is 5. The molecular formula is C39H38N2O6S2. The Labute approximate surface area is 291 Å². The molecule has 3 N–H and O–H groups in total. The molecule has 1 saturated heterocycles. The van der Waals surface area contributed by atoms with Crippen LogP contribution in [0.3, 0.4) is 0 Å². The maximum atomic E-state index is 12.9. The van der Waals surface area contributed by atoms with Crippen LogP contribution < -0.4 is 10.0 Å². The van der Waals surface area contributed by atoms with Crippen molar-refractivity contribution in [3.8, 4) is 11.1 Å². The van der Waals surface area contributed by atoms with Crippen LogP contribution in [0.4, 0.5) is 5.69 Å². The molecule has 1 heterocycles. The number of carbonyl (C=O) groups excluding carboxylic acids is 1. The molecule has 49 heavy (non-hydrogen) atoms. The summed E-state index contributed by atoms with van der Waals surface area (Å²) in [6.45, 7) is 1.62. The van der Waals surface area contributed by atoms with Crippen LogP contribution in [0.15, 0.2) is 137 Å². The summed E-state index contributed by atoms with van der Waals surface area (Å²) in [5.41, 5.74) is 6.21. The summed E-state index contributed by atoms with van der Waals surface area (Å²) in [4.78, 5) is 12.7. The molecule has 5 aromatic rings. The summed E-state index contributed by atoms with van der Waals surface area (Å²) in [7, 11) is -3.66. The number of hydrogen-bond acceptors (Lipinski definition) is 7. The van der Waals surface area contributed by atoms with Crippen LogP contribution >= 0.6 is 11.8 Å². The lowest BCUT2D eigenvalue weighted by atomic mass is 9.98. The van der Waals surface area contributed by atoms with Gasteiger partial charge in [-0.15, -0.1) is 11.8 Å². The first-order valence-corrected chi connectivity index (χ1v) is 18.5. The number of rotatable bonds is 12.